The maximum atomic E-state index is 9.13. The summed E-state index contributed by atoms with van der Waals surface area (Å²) in [5, 5.41) is 14.3. The molecule has 0 atom stereocenters. The van der Waals surface area contributed by atoms with Crippen LogP contribution in [0.15, 0.2) is 66.9 Å². The molecule has 0 saturated carbocycles. The first kappa shape index (κ1) is 20.6. The average molecular weight is 429 g/mol. The summed E-state index contributed by atoms with van der Waals surface area (Å²) in [6, 6.07) is 21.4. The summed E-state index contributed by atoms with van der Waals surface area (Å²) in [4.78, 5) is 4.53. The highest BCUT2D eigenvalue weighted by Gasteiger charge is 2.16. The minimum absolute atomic E-state index is 0.438. The topological polar surface area (TPSA) is 63.7 Å². The molecule has 2 aromatic carbocycles. The molecule has 4 aromatic rings. The van der Waals surface area contributed by atoms with Crippen LogP contribution < -0.4 is 4.74 Å². The minimum atomic E-state index is 0.438. The third kappa shape index (κ3) is 4.45. The second-order valence-corrected chi connectivity index (χ2v) is 7.64. The number of benzene rings is 2. The van der Waals surface area contributed by atoms with Crippen LogP contribution in [0.4, 0.5) is 0 Å². The lowest BCUT2D eigenvalue weighted by Gasteiger charge is -2.12. The van der Waals surface area contributed by atoms with Gasteiger partial charge < -0.3 is 4.74 Å². The first-order valence-corrected chi connectivity index (χ1v) is 10.3. The van der Waals surface area contributed by atoms with E-state index in [1.165, 1.54) is 0 Å². The monoisotopic (exact) mass is 428 g/mol. The van der Waals surface area contributed by atoms with E-state index in [-0.39, 0.29) is 0 Å². The molecule has 0 aliphatic heterocycles. The smallest absolute Gasteiger partial charge is 0.143 e. The van der Waals surface area contributed by atoms with E-state index in [1.54, 1.807) is 12.3 Å². The van der Waals surface area contributed by atoms with Gasteiger partial charge in [0.1, 0.15) is 24.1 Å². The summed E-state index contributed by atoms with van der Waals surface area (Å²) in [5.41, 5.74) is 6.21. The number of nitriles is 1. The number of aromatic nitrogens is 3. The van der Waals surface area contributed by atoms with E-state index >= 15 is 0 Å². The maximum absolute atomic E-state index is 9.13. The minimum Gasteiger partial charge on any atom is -0.487 e. The SMILES string of the molecule is Cc1nn(Cc2ncccc2OCc2ccccc2)c(C)c1-c1ccc(C#N)c(Cl)c1. The Balaban J connectivity index is 1.61. The van der Waals surface area contributed by atoms with Crippen molar-refractivity contribution >= 4 is 11.6 Å². The molecule has 0 aliphatic carbocycles. The van der Waals surface area contributed by atoms with Crippen LogP contribution in [0.2, 0.25) is 5.02 Å². The van der Waals surface area contributed by atoms with Gasteiger partial charge in [-0.05, 0) is 49.2 Å². The standard InChI is InChI=1S/C25H21ClN4O/c1-17-25(20-10-11-21(14-27)22(26)13-20)18(2)30(29-17)15-23-24(9-6-12-28-23)31-16-19-7-4-3-5-8-19/h3-13H,15-16H2,1-2H3. The second kappa shape index (κ2) is 9.03. The summed E-state index contributed by atoms with van der Waals surface area (Å²) in [6.07, 6.45) is 1.76. The van der Waals surface area contributed by atoms with Crippen molar-refractivity contribution in [3.63, 3.8) is 0 Å². The molecule has 0 saturated heterocycles. The molecular weight excluding hydrogens is 408 g/mol. The fourth-order valence-corrected chi connectivity index (χ4v) is 3.80. The van der Waals surface area contributed by atoms with E-state index in [9.17, 15) is 0 Å². The Morgan fingerprint density at radius 3 is 2.61 bits per heavy atom. The van der Waals surface area contributed by atoms with Crippen LogP contribution in [0.5, 0.6) is 5.75 Å². The molecule has 0 amide bonds. The number of nitrogens with zero attached hydrogens (tertiary/aromatic N) is 4. The summed E-state index contributed by atoms with van der Waals surface area (Å²) >= 11 is 6.25. The zero-order chi connectivity index (χ0) is 21.8. The lowest BCUT2D eigenvalue weighted by molar-refractivity contribution is 0.300. The molecule has 0 bridgehead atoms. The molecular formula is C25H21ClN4O. The quantitative estimate of drug-likeness (QED) is 0.394. The van der Waals surface area contributed by atoms with E-state index in [0.29, 0.717) is 23.7 Å². The van der Waals surface area contributed by atoms with Crippen LogP contribution >= 0.6 is 11.6 Å². The highest BCUT2D eigenvalue weighted by Crippen LogP contribution is 2.31. The van der Waals surface area contributed by atoms with Crippen LogP contribution in [-0.4, -0.2) is 14.8 Å². The number of ether oxygens (including phenoxy) is 1. The van der Waals surface area contributed by atoms with Crippen molar-refractivity contribution in [2.75, 3.05) is 0 Å². The van der Waals surface area contributed by atoms with E-state index in [2.05, 4.69) is 11.1 Å². The second-order valence-electron chi connectivity index (χ2n) is 7.23. The van der Waals surface area contributed by atoms with E-state index < -0.39 is 0 Å². The largest absolute Gasteiger partial charge is 0.487 e. The average Bonchev–Trinajstić information content (AvgIpc) is 3.06. The Hall–Kier alpha value is -3.62. The fourth-order valence-electron chi connectivity index (χ4n) is 3.58. The predicted molar refractivity (Wildman–Crippen MR) is 121 cm³/mol. The van der Waals surface area contributed by atoms with Crippen molar-refractivity contribution in [3.05, 3.63) is 100 Å². The molecule has 154 valence electrons. The van der Waals surface area contributed by atoms with Gasteiger partial charge in [-0.3, -0.25) is 9.67 Å². The molecule has 0 aliphatic rings. The Labute approximate surface area is 186 Å². The van der Waals surface area contributed by atoms with Crippen LogP contribution in [0.25, 0.3) is 11.1 Å². The van der Waals surface area contributed by atoms with Crippen LogP contribution in [0.1, 0.15) is 28.2 Å². The molecule has 0 spiro atoms. The number of pyridine rings is 1. The Kier molecular flexibility index (Phi) is 6.01. The van der Waals surface area contributed by atoms with Gasteiger partial charge in [-0.1, -0.05) is 48.0 Å². The summed E-state index contributed by atoms with van der Waals surface area (Å²) in [5.74, 6) is 0.738. The molecule has 31 heavy (non-hydrogen) atoms. The van der Waals surface area contributed by atoms with Gasteiger partial charge in [0.2, 0.25) is 0 Å². The third-order valence-electron chi connectivity index (χ3n) is 5.14. The van der Waals surface area contributed by atoms with Crippen LogP contribution in [0.3, 0.4) is 0 Å². The molecule has 2 heterocycles. The molecule has 0 radical (unpaired) electrons. The Morgan fingerprint density at radius 1 is 1.06 bits per heavy atom. The molecule has 2 aromatic heterocycles. The lowest BCUT2D eigenvalue weighted by atomic mass is 10.0. The Morgan fingerprint density at radius 2 is 1.87 bits per heavy atom. The van der Waals surface area contributed by atoms with Crippen molar-refractivity contribution in [1.82, 2.24) is 14.8 Å². The molecule has 6 heteroatoms. The Bertz CT molecular complexity index is 1260. The van der Waals surface area contributed by atoms with Gasteiger partial charge in [-0.15, -0.1) is 0 Å². The van der Waals surface area contributed by atoms with Gasteiger partial charge in [0.05, 0.1) is 22.8 Å². The van der Waals surface area contributed by atoms with Crippen LogP contribution in [0, 0.1) is 25.2 Å². The van der Waals surface area contributed by atoms with Crippen molar-refractivity contribution in [2.45, 2.75) is 27.0 Å². The van der Waals surface area contributed by atoms with Crippen molar-refractivity contribution < 1.29 is 4.74 Å². The van der Waals surface area contributed by atoms with Gasteiger partial charge in [-0.25, -0.2) is 0 Å². The number of hydrogen-bond acceptors (Lipinski definition) is 4. The van der Waals surface area contributed by atoms with E-state index in [1.807, 2.05) is 73.1 Å². The highest BCUT2D eigenvalue weighted by atomic mass is 35.5. The predicted octanol–water partition coefficient (Wildman–Crippen LogP) is 5.71. The number of halogens is 1. The van der Waals surface area contributed by atoms with E-state index in [4.69, 9.17) is 26.7 Å². The fraction of sp³-hybridized carbons (Fsp3) is 0.160. The van der Waals surface area contributed by atoms with Gasteiger partial charge in [0.25, 0.3) is 0 Å². The van der Waals surface area contributed by atoms with Crippen LogP contribution in [-0.2, 0) is 13.2 Å². The molecule has 0 unspecified atom stereocenters. The van der Waals surface area contributed by atoms with Gasteiger partial charge in [0, 0.05) is 17.5 Å². The summed E-state index contributed by atoms with van der Waals surface area (Å²) in [6.45, 7) is 4.96. The zero-order valence-corrected chi connectivity index (χ0v) is 18.1. The molecule has 4 rings (SSSR count). The molecule has 0 N–H and O–H groups in total. The zero-order valence-electron chi connectivity index (χ0n) is 17.3. The van der Waals surface area contributed by atoms with E-state index in [0.717, 1.165) is 39.5 Å². The number of aryl methyl sites for hydroxylation is 1. The van der Waals surface area contributed by atoms with Gasteiger partial charge in [0.15, 0.2) is 0 Å². The van der Waals surface area contributed by atoms with Crippen molar-refractivity contribution in [3.8, 4) is 22.9 Å². The van der Waals surface area contributed by atoms with Gasteiger partial charge in [-0.2, -0.15) is 10.4 Å². The normalized spacial score (nSPS) is 10.6. The summed E-state index contributed by atoms with van der Waals surface area (Å²) in [7, 11) is 0. The van der Waals surface area contributed by atoms with Crippen molar-refractivity contribution in [2.24, 2.45) is 0 Å². The first-order chi connectivity index (χ1) is 15.1. The number of hydrogen-bond donors (Lipinski definition) is 0. The number of rotatable bonds is 6. The lowest BCUT2D eigenvalue weighted by Crippen LogP contribution is -2.08. The third-order valence-corrected chi connectivity index (χ3v) is 5.46. The first-order valence-electron chi connectivity index (χ1n) is 9.91. The highest BCUT2D eigenvalue weighted by molar-refractivity contribution is 6.32. The van der Waals surface area contributed by atoms with Crippen molar-refractivity contribution in [1.29, 1.82) is 5.26 Å². The summed E-state index contributed by atoms with van der Waals surface area (Å²) < 4.78 is 7.97. The maximum Gasteiger partial charge on any atom is 0.143 e. The molecule has 0 fully saturated rings. The molecule has 5 nitrogen and oxygen atoms in total. The van der Waals surface area contributed by atoms with Gasteiger partial charge >= 0.3 is 0 Å².